The topological polar surface area (TPSA) is 59.3 Å². The number of allylic oxidation sites excluding steroid dienone is 1. The van der Waals surface area contributed by atoms with Gasteiger partial charge in [0.1, 0.15) is 0 Å². The molecule has 0 aromatic heterocycles. The number of methoxy groups -OCH3 is 1. The van der Waals surface area contributed by atoms with Crippen LogP contribution in [0, 0.1) is 23.2 Å². The average molecular weight is 452 g/mol. The largest absolute Gasteiger partial charge is 0.493 e. The van der Waals surface area contributed by atoms with E-state index in [1.165, 1.54) is 19.3 Å². The lowest BCUT2D eigenvalue weighted by atomic mass is 9.80. The van der Waals surface area contributed by atoms with E-state index < -0.39 is 0 Å². The first-order valence-corrected chi connectivity index (χ1v) is 11.7. The lowest BCUT2D eigenvalue weighted by molar-refractivity contribution is -0.140. The minimum absolute atomic E-state index is 0.0508. The van der Waals surface area contributed by atoms with Crippen molar-refractivity contribution >= 4 is 29.2 Å². The summed E-state index contributed by atoms with van der Waals surface area (Å²) < 4.78 is 11.2. The van der Waals surface area contributed by atoms with Crippen LogP contribution in [0.5, 0.6) is 11.5 Å². The van der Waals surface area contributed by atoms with Gasteiger partial charge in [-0.15, -0.1) is 0 Å². The van der Waals surface area contributed by atoms with Crippen LogP contribution in [0.3, 0.4) is 0 Å². The molecule has 0 radical (unpaired) electrons. The molecule has 0 saturated heterocycles. The molecule has 3 rings (SSSR count). The fourth-order valence-electron chi connectivity index (χ4n) is 4.23. The summed E-state index contributed by atoms with van der Waals surface area (Å²) in [5.41, 5.74) is 2.00. The highest BCUT2D eigenvalue weighted by Gasteiger charge is 2.28. The van der Waals surface area contributed by atoms with Crippen LogP contribution in [0.2, 0.25) is 5.02 Å². The minimum Gasteiger partial charge on any atom is -0.493 e. The zero-order valence-electron chi connectivity index (χ0n) is 18.8. The number of benzene rings is 2. The normalized spacial score (nSPS) is 18.6. The molecule has 168 valence electrons. The van der Waals surface area contributed by atoms with Gasteiger partial charge in [-0.1, -0.05) is 56.0 Å². The van der Waals surface area contributed by atoms with Crippen LogP contribution in [-0.2, 0) is 4.79 Å². The first-order chi connectivity index (χ1) is 15.5. The first-order valence-electron chi connectivity index (χ1n) is 11.3. The van der Waals surface area contributed by atoms with Crippen LogP contribution >= 0.6 is 11.6 Å². The quantitative estimate of drug-likeness (QED) is 0.182. The molecule has 0 N–H and O–H groups in total. The van der Waals surface area contributed by atoms with Crippen molar-refractivity contribution in [1.29, 1.82) is 5.26 Å². The molecular formula is C27H30ClNO3. The molecule has 1 aliphatic carbocycles. The molecule has 1 aliphatic rings. The maximum Gasteiger partial charge on any atom is 0.314 e. The summed E-state index contributed by atoms with van der Waals surface area (Å²) in [6.45, 7) is 2.22. The summed E-state index contributed by atoms with van der Waals surface area (Å²) in [4.78, 5) is 12.7. The number of esters is 1. The lowest BCUT2D eigenvalue weighted by Crippen LogP contribution is -2.25. The number of carbonyl (C=O) groups excluding carboxylic acids is 1. The van der Waals surface area contributed by atoms with Gasteiger partial charge in [0, 0.05) is 5.02 Å². The molecule has 0 heterocycles. The molecule has 0 atom stereocenters. The van der Waals surface area contributed by atoms with Crippen LogP contribution in [-0.4, -0.2) is 13.1 Å². The Bertz CT molecular complexity index is 1000. The Morgan fingerprint density at radius 2 is 1.94 bits per heavy atom. The van der Waals surface area contributed by atoms with Crippen molar-refractivity contribution in [3.05, 3.63) is 58.6 Å². The summed E-state index contributed by atoms with van der Waals surface area (Å²) in [5, 5.41) is 10.2. The van der Waals surface area contributed by atoms with Crippen molar-refractivity contribution in [2.24, 2.45) is 11.8 Å². The summed E-state index contributed by atoms with van der Waals surface area (Å²) in [7, 11) is 1.54. The maximum absolute atomic E-state index is 12.7. The number of hydrogen-bond acceptors (Lipinski definition) is 4. The Morgan fingerprint density at radius 3 is 2.59 bits per heavy atom. The van der Waals surface area contributed by atoms with E-state index in [4.69, 9.17) is 21.1 Å². The molecule has 2 aromatic carbocycles. The molecule has 2 aromatic rings. The first kappa shape index (κ1) is 23.9. The molecular weight excluding hydrogens is 422 g/mol. The Balaban J connectivity index is 1.69. The third-order valence-corrected chi connectivity index (χ3v) is 6.35. The van der Waals surface area contributed by atoms with E-state index in [1.807, 2.05) is 18.2 Å². The standard InChI is InChI=1S/C27H30ClNO3/c1-3-4-6-19-9-12-21(13-10-19)27(30)32-25-14-11-20(16-26(25)31-2)15-23(18-29)22-7-5-8-24(28)17-22/h5,7-8,11,14-17,19,21H,3-4,6,9-10,12-13H2,1-2H3/b23-15-. The van der Waals surface area contributed by atoms with Crippen molar-refractivity contribution in [3.63, 3.8) is 0 Å². The third-order valence-electron chi connectivity index (χ3n) is 6.11. The van der Waals surface area contributed by atoms with Gasteiger partial charge in [0.2, 0.25) is 0 Å². The fourth-order valence-corrected chi connectivity index (χ4v) is 4.42. The zero-order chi connectivity index (χ0) is 22.9. The molecule has 5 heteroatoms. The minimum atomic E-state index is -0.183. The number of rotatable bonds is 8. The summed E-state index contributed by atoms with van der Waals surface area (Å²) in [6, 6.07) is 14.7. The van der Waals surface area contributed by atoms with Gasteiger partial charge in [-0.25, -0.2) is 0 Å². The molecule has 32 heavy (non-hydrogen) atoms. The Morgan fingerprint density at radius 1 is 1.16 bits per heavy atom. The van der Waals surface area contributed by atoms with Crippen molar-refractivity contribution < 1.29 is 14.3 Å². The number of halogens is 1. The highest BCUT2D eigenvalue weighted by Crippen LogP contribution is 2.35. The van der Waals surface area contributed by atoms with Gasteiger partial charge < -0.3 is 9.47 Å². The van der Waals surface area contributed by atoms with Gasteiger partial charge in [0.15, 0.2) is 11.5 Å². The van der Waals surface area contributed by atoms with Crippen molar-refractivity contribution in [3.8, 4) is 17.6 Å². The SMILES string of the molecule is CCCCC1CCC(C(=O)Oc2ccc(/C=C(/C#N)c3cccc(Cl)c3)cc2OC)CC1. The summed E-state index contributed by atoms with van der Waals surface area (Å²) in [5.74, 6) is 1.38. The van der Waals surface area contributed by atoms with Crippen LogP contribution in [0.4, 0.5) is 0 Å². The Hall–Kier alpha value is -2.77. The predicted molar refractivity (Wildman–Crippen MR) is 129 cm³/mol. The second-order valence-corrected chi connectivity index (χ2v) is 8.81. The molecule has 1 saturated carbocycles. The zero-order valence-corrected chi connectivity index (χ0v) is 19.5. The number of ether oxygens (including phenoxy) is 2. The Labute approximate surface area is 195 Å². The van der Waals surface area contributed by atoms with Crippen LogP contribution in [0.1, 0.15) is 63.0 Å². The van der Waals surface area contributed by atoms with Crippen molar-refractivity contribution in [1.82, 2.24) is 0 Å². The molecule has 1 fully saturated rings. The van der Waals surface area contributed by atoms with Gasteiger partial charge >= 0.3 is 5.97 Å². The molecule has 0 aliphatic heterocycles. The predicted octanol–water partition coefficient (Wildman–Crippen LogP) is 7.31. The lowest BCUT2D eigenvalue weighted by Gasteiger charge is -2.27. The van der Waals surface area contributed by atoms with E-state index in [2.05, 4.69) is 13.0 Å². The van der Waals surface area contributed by atoms with E-state index in [0.29, 0.717) is 22.1 Å². The highest BCUT2D eigenvalue weighted by atomic mass is 35.5. The van der Waals surface area contributed by atoms with Crippen LogP contribution in [0.25, 0.3) is 11.6 Å². The molecule has 0 bridgehead atoms. The van der Waals surface area contributed by atoms with Crippen LogP contribution in [0.15, 0.2) is 42.5 Å². The second kappa shape index (κ2) is 11.7. The van der Waals surface area contributed by atoms with E-state index in [1.54, 1.807) is 37.5 Å². The van der Waals surface area contributed by atoms with Crippen LogP contribution < -0.4 is 9.47 Å². The van der Waals surface area contributed by atoms with E-state index in [-0.39, 0.29) is 11.9 Å². The van der Waals surface area contributed by atoms with E-state index in [0.717, 1.165) is 42.7 Å². The van der Waals surface area contributed by atoms with Crippen molar-refractivity contribution in [2.45, 2.75) is 51.9 Å². The van der Waals surface area contributed by atoms with Gasteiger partial charge in [-0.05, 0) is 73.1 Å². The molecule has 0 unspecified atom stereocenters. The highest BCUT2D eigenvalue weighted by molar-refractivity contribution is 6.30. The fraction of sp³-hybridized carbons (Fsp3) is 0.407. The summed E-state index contributed by atoms with van der Waals surface area (Å²) >= 11 is 6.05. The second-order valence-electron chi connectivity index (χ2n) is 8.37. The number of nitrogens with zero attached hydrogens (tertiary/aromatic N) is 1. The van der Waals surface area contributed by atoms with Gasteiger partial charge in [-0.3, -0.25) is 4.79 Å². The molecule has 0 amide bonds. The van der Waals surface area contributed by atoms with Gasteiger partial charge in [0.25, 0.3) is 0 Å². The third kappa shape index (κ3) is 6.37. The average Bonchev–Trinajstić information content (AvgIpc) is 2.82. The number of carbonyl (C=O) groups is 1. The number of nitriles is 1. The van der Waals surface area contributed by atoms with E-state index >= 15 is 0 Å². The number of unbranched alkanes of at least 4 members (excludes halogenated alkanes) is 1. The summed E-state index contributed by atoms with van der Waals surface area (Å²) in [6.07, 6.45) is 9.49. The van der Waals surface area contributed by atoms with Crippen molar-refractivity contribution in [2.75, 3.05) is 7.11 Å². The van der Waals surface area contributed by atoms with Gasteiger partial charge in [-0.2, -0.15) is 5.26 Å². The molecule has 0 spiro atoms. The van der Waals surface area contributed by atoms with E-state index in [9.17, 15) is 10.1 Å². The maximum atomic E-state index is 12.7. The smallest absolute Gasteiger partial charge is 0.314 e. The monoisotopic (exact) mass is 451 g/mol. The Kier molecular flexibility index (Phi) is 8.76. The van der Waals surface area contributed by atoms with Gasteiger partial charge in [0.05, 0.1) is 24.7 Å². The molecule has 4 nitrogen and oxygen atoms in total. The number of hydrogen-bond donors (Lipinski definition) is 0.